The molecule has 0 saturated heterocycles. The molecule has 11 heavy (non-hydrogen) atoms. The molecule has 0 rings (SSSR count). The van der Waals surface area contributed by atoms with E-state index in [9.17, 15) is 0 Å². The molecule has 4 N–H and O–H groups in total. The Morgan fingerprint density at radius 1 is 0.818 bits per heavy atom. The molecule has 0 radical (unpaired) electrons. The summed E-state index contributed by atoms with van der Waals surface area (Å²) in [5.74, 6) is 0. The van der Waals surface area contributed by atoms with Gasteiger partial charge in [-0.2, -0.15) is 0 Å². The van der Waals surface area contributed by atoms with Gasteiger partial charge in [-0.1, -0.05) is 0 Å². The summed E-state index contributed by atoms with van der Waals surface area (Å²) in [5, 5.41) is 7.54. The molecule has 0 saturated carbocycles. The van der Waals surface area contributed by atoms with Crippen molar-refractivity contribution in [3.8, 4) is 0 Å². The van der Waals surface area contributed by atoms with Crippen molar-refractivity contribution in [3.63, 3.8) is 0 Å². The Labute approximate surface area is 80.7 Å². The molecule has 0 fully saturated rings. The summed E-state index contributed by atoms with van der Waals surface area (Å²) in [6, 6.07) is 0. The van der Waals surface area contributed by atoms with E-state index in [4.69, 9.17) is 25.9 Å². The van der Waals surface area contributed by atoms with E-state index < -0.39 is 20.6 Å². The van der Waals surface area contributed by atoms with Gasteiger partial charge in [0.15, 0.2) is 20.6 Å². The van der Waals surface area contributed by atoms with Crippen LogP contribution in [-0.4, -0.2) is 49.8 Å². The van der Waals surface area contributed by atoms with Gasteiger partial charge in [0, 0.05) is 0 Å². The zero-order chi connectivity index (χ0) is 9.00. The minimum absolute atomic E-state index is 0. The van der Waals surface area contributed by atoms with Crippen LogP contribution in [0.25, 0.3) is 0 Å². The summed E-state index contributed by atoms with van der Waals surface area (Å²) < 4.78 is 53.1. The van der Waals surface area contributed by atoms with Crippen molar-refractivity contribution in [2.75, 3.05) is 0 Å². The Morgan fingerprint density at radius 2 is 0.818 bits per heavy atom. The Kier molecular flexibility index (Phi) is 9.75. The van der Waals surface area contributed by atoms with Crippen molar-refractivity contribution in [3.05, 3.63) is 0 Å². The molecule has 0 unspecified atom stereocenters. The molecule has 0 aromatic carbocycles. The summed E-state index contributed by atoms with van der Waals surface area (Å²) in [6.07, 6.45) is 0. The monoisotopic (exact) mass is 314 g/mol. The molecule has 0 aliphatic carbocycles. The van der Waals surface area contributed by atoms with Crippen LogP contribution in [0.1, 0.15) is 0 Å². The minimum atomic E-state index is -4.42. The molecule has 68 valence electrons. The van der Waals surface area contributed by atoms with Gasteiger partial charge in [0.25, 0.3) is 0 Å². The van der Waals surface area contributed by atoms with Gasteiger partial charge in [0.1, 0.15) is 0 Å². The van der Waals surface area contributed by atoms with E-state index in [-0.39, 0.29) is 23.9 Å². The second-order valence-electron chi connectivity index (χ2n) is 0.986. The molecule has 0 aliphatic heterocycles. The van der Waals surface area contributed by atoms with E-state index in [1.165, 1.54) is 0 Å². The van der Waals surface area contributed by atoms with Gasteiger partial charge in [0.2, 0.25) is 0 Å². The first-order valence-corrected chi connectivity index (χ1v) is 4.41. The van der Waals surface area contributed by atoms with Crippen LogP contribution in [0.2, 0.25) is 0 Å². The van der Waals surface area contributed by atoms with Crippen molar-refractivity contribution < 1.29 is 25.9 Å². The molecule has 8 nitrogen and oxygen atoms in total. The standard InChI is InChI=1S/2H3NO3S.Sn.2H/c2*1-5(2,3)4;;;/h2*(H3,1,2,3,4);;;/q;;+2;;/p-2. The third-order valence-electron chi connectivity index (χ3n) is 0. The maximum absolute atomic E-state index is 8.85. The van der Waals surface area contributed by atoms with Crippen molar-refractivity contribution in [1.82, 2.24) is 0 Å². The Hall–Kier alpha value is 0.539. The van der Waals surface area contributed by atoms with Crippen molar-refractivity contribution in [2.24, 2.45) is 10.3 Å². The van der Waals surface area contributed by atoms with Crippen LogP contribution in [0.3, 0.4) is 0 Å². The van der Waals surface area contributed by atoms with Gasteiger partial charge < -0.3 is 9.11 Å². The molecule has 0 spiro atoms. The second-order valence-corrected chi connectivity index (χ2v) is 2.96. The number of nitrogens with two attached hydrogens (primary N) is 2. The van der Waals surface area contributed by atoms with Crippen molar-refractivity contribution >= 4 is 44.5 Å². The Balaban J connectivity index is -0.000000107. The summed E-state index contributed by atoms with van der Waals surface area (Å²) in [4.78, 5) is 0. The average Bonchev–Trinajstić information content (AvgIpc) is 1.12. The maximum atomic E-state index is 8.85. The first-order chi connectivity index (χ1) is 4.00. The predicted molar refractivity (Wildman–Crippen MR) is 36.3 cm³/mol. The fraction of sp³-hybridized carbons (Fsp3) is 0. The van der Waals surface area contributed by atoms with Gasteiger partial charge in [-0.15, -0.1) is 0 Å². The molecule has 0 bridgehead atoms. The van der Waals surface area contributed by atoms with E-state index in [1.54, 1.807) is 0 Å². The van der Waals surface area contributed by atoms with Crippen LogP contribution in [-0.2, 0) is 20.6 Å². The third-order valence-corrected chi connectivity index (χ3v) is 0. The first kappa shape index (κ1) is 17.6. The quantitative estimate of drug-likeness (QED) is 0.340. The average molecular weight is 313 g/mol. The molecule has 0 heterocycles. The molecule has 0 aromatic heterocycles. The molecular weight excluding hydrogens is 307 g/mol. The fourth-order valence-electron chi connectivity index (χ4n) is 0. The molecule has 0 aromatic rings. The van der Waals surface area contributed by atoms with Crippen LogP contribution in [0.15, 0.2) is 0 Å². The van der Waals surface area contributed by atoms with E-state index >= 15 is 0 Å². The van der Waals surface area contributed by atoms with E-state index in [0.717, 1.165) is 0 Å². The molecular formula is H6N2O6S2Sn. The van der Waals surface area contributed by atoms with E-state index in [0.29, 0.717) is 0 Å². The van der Waals surface area contributed by atoms with Gasteiger partial charge >= 0.3 is 23.9 Å². The molecule has 0 atom stereocenters. The Morgan fingerprint density at radius 3 is 0.818 bits per heavy atom. The number of hydrogen-bond acceptors (Lipinski definition) is 6. The van der Waals surface area contributed by atoms with Crippen LogP contribution in [0.4, 0.5) is 0 Å². The number of hydrogen-bond donors (Lipinski definition) is 2. The summed E-state index contributed by atoms with van der Waals surface area (Å²) in [7, 11) is -8.83. The molecule has 11 heteroatoms. The summed E-state index contributed by atoms with van der Waals surface area (Å²) in [6.45, 7) is 0. The fourth-order valence-corrected chi connectivity index (χ4v) is 0. The first-order valence-electron chi connectivity index (χ1n) is 1.47. The van der Waals surface area contributed by atoms with Gasteiger partial charge in [-0.05, 0) is 0 Å². The normalized spacial score (nSPS) is 10.5. The van der Waals surface area contributed by atoms with Gasteiger partial charge in [-0.25, -0.2) is 27.1 Å². The van der Waals surface area contributed by atoms with Crippen molar-refractivity contribution in [1.29, 1.82) is 0 Å². The van der Waals surface area contributed by atoms with Gasteiger partial charge in [-0.3, -0.25) is 0 Å². The van der Waals surface area contributed by atoms with Crippen molar-refractivity contribution in [2.45, 2.75) is 0 Å². The Bertz CT molecular complexity index is 215. The van der Waals surface area contributed by atoms with Crippen LogP contribution in [0, 0.1) is 0 Å². The zero-order valence-corrected chi connectivity index (χ0v) is 10.8. The zero-order valence-electron chi connectivity index (χ0n) is 5.13. The van der Waals surface area contributed by atoms with Gasteiger partial charge in [0.05, 0.1) is 0 Å². The summed E-state index contributed by atoms with van der Waals surface area (Å²) in [5.41, 5.74) is 0. The molecule has 0 aliphatic rings. The van der Waals surface area contributed by atoms with Crippen LogP contribution < -0.4 is 10.3 Å². The van der Waals surface area contributed by atoms with E-state index in [2.05, 4.69) is 10.3 Å². The molecule has 0 amide bonds. The van der Waals surface area contributed by atoms with Crippen LogP contribution in [0.5, 0.6) is 0 Å². The van der Waals surface area contributed by atoms with E-state index in [1.807, 2.05) is 0 Å². The third kappa shape index (κ3) is 2650. The van der Waals surface area contributed by atoms with Crippen LogP contribution >= 0.6 is 0 Å². The summed E-state index contributed by atoms with van der Waals surface area (Å²) >= 11 is 0. The SMILES string of the molecule is NS(=O)(=O)[O-].NS(=O)(=O)[O-].[SnH2+2]. The predicted octanol–water partition coefficient (Wildman–Crippen LogP) is -4.11. The topological polar surface area (TPSA) is 166 Å². The second kappa shape index (κ2) is 6.10. The number of rotatable bonds is 0.